The van der Waals surface area contributed by atoms with Gasteiger partial charge in [-0.15, -0.1) is 0 Å². The van der Waals surface area contributed by atoms with Gasteiger partial charge in [0.05, 0.1) is 0 Å². The Balaban J connectivity index is 1.04. The highest BCUT2D eigenvalue weighted by Crippen LogP contribution is 2.57. The van der Waals surface area contributed by atoms with Gasteiger partial charge in [0.2, 0.25) is 0 Å². The maximum absolute atomic E-state index is 6.18. The molecule has 0 aliphatic heterocycles. The molecule has 0 unspecified atom stereocenters. The molecule has 2 aliphatic rings. The molecular weight excluding hydrogens is 687 g/mol. The predicted octanol–water partition coefficient (Wildman–Crippen LogP) is 13.6. The molecule has 5 nitrogen and oxygen atoms in total. The van der Waals surface area contributed by atoms with Crippen molar-refractivity contribution in [2.45, 2.75) is 37.5 Å². The van der Waals surface area contributed by atoms with Gasteiger partial charge in [-0.1, -0.05) is 116 Å². The molecule has 56 heavy (non-hydrogen) atoms. The summed E-state index contributed by atoms with van der Waals surface area (Å²) in [5, 5.41) is 4.19. The van der Waals surface area contributed by atoms with Crippen LogP contribution in [0.2, 0.25) is 0 Å². The Labute approximate surface area is 323 Å². The number of nitrogens with zero attached hydrogens (tertiary/aromatic N) is 3. The minimum Gasteiger partial charge on any atom is -0.456 e. The van der Waals surface area contributed by atoms with Gasteiger partial charge >= 0.3 is 0 Å². The molecule has 10 aromatic rings. The number of furan rings is 2. The van der Waals surface area contributed by atoms with E-state index in [1.54, 1.807) is 0 Å². The van der Waals surface area contributed by atoms with Crippen LogP contribution < -0.4 is 0 Å². The van der Waals surface area contributed by atoms with Crippen LogP contribution in [-0.4, -0.2) is 15.0 Å². The van der Waals surface area contributed by atoms with Crippen molar-refractivity contribution in [1.29, 1.82) is 0 Å². The Morgan fingerprint density at radius 3 is 1.54 bits per heavy atom. The molecule has 0 radical (unpaired) electrons. The zero-order chi connectivity index (χ0) is 36.8. The third-order valence-electron chi connectivity index (χ3n) is 12.3. The van der Waals surface area contributed by atoms with E-state index in [1.807, 2.05) is 60.7 Å². The normalized spacial score (nSPS) is 14.6. The lowest BCUT2D eigenvalue weighted by Crippen LogP contribution is -2.27. The molecule has 0 bridgehead atoms. The number of aromatic nitrogens is 3. The Bertz CT molecular complexity index is 3070. The summed E-state index contributed by atoms with van der Waals surface area (Å²) in [5.74, 6) is 1.83. The first-order valence-electron chi connectivity index (χ1n) is 19.6. The molecule has 0 N–H and O–H groups in total. The van der Waals surface area contributed by atoms with Crippen LogP contribution in [0.1, 0.15) is 43.2 Å². The molecule has 5 heteroatoms. The molecule has 3 aromatic heterocycles. The molecule has 0 saturated heterocycles. The van der Waals surface area contributed by atoms with Crippen molar-refractivity contribution in [2.75, 3.05) is 0 Å². The third kappa shape index (κ3) is 4.70. The van der Waals surface area contributed by atoms with Crippen molar-refractivity contribution >= 4 is 43.9 Å². The Morgan fingerprint density at radius 2 is 0.875 bits per heavy atom. The summed E-state index contributed by atoms with van der Waals surface area (Å²) < 4.78 is 12.4. The zero-order valence-electron chi connectivity index (χ0n) is 30.6. The van der Waals surface area contributed by atoms with Crippen molar-refractivity contribution in [3.63, 3.8) is 0 Å². The molecule has 1 fully saturated rings. The summed E-state index contributed by atoms with van der Waals surface area (Å²) >= 11 is 0. The van der Waals surface area contributed by atoms with Gasteiger partial charge in [0, 0.05) is 43.7 Å². The molecule has 7 aromatic carbocycles. The second-order valence-corrected chi connectivity index (χ2v) is 15.4. The first kappa shape index (κ1) is 31.5. The van der Waals surface area contributed by atoms with E-state index in [9.17, 15) is 0 Å². The lowest BCUT2D eigenvalue weighted by atomic mass is 9.68. The van der Waals surface area contributed by atoms with E-state index in [0.717, 1.165) is 66.1 Å². The number of fused-ring (bicyclic) bond motifs is 11. The van der Waals surface area contributed by atoms with Gasteiger partial charge in [-0.3, -0.25) is 0 Å². The van der Waals surface area contributed by atoms with Crippen molar-refractivity contribution in [3.05, 3.63) is 163 Å². The molecule has 266 valence electrons. The second-order valence-electron chi connectivity index (χ2n) is 15.4. The molecule has 2 aliphatic carbocycles. The van der Waals surface area contributed by atoms with Gasteiger partial charge in [0.1, 0.15) is 22.3 Å². The number of hydrogen-bond donors (Lipinski definition) is 0. The fourth-order valence-corrected chi connectivity index (χ4v) is 9.76. The molecule has 0 amide bonds. The maximum Gasteiger partial charge on any atom is 0.164 e. The van der Waals surface area contributed by atoms with Crippen LogP contribution in [0.25, 0.3) is 100 Å². The summed E-state index contributed by atoms with van der Waals surface area (Å²) in [6, 6.07) is 53.5. The summed E-state index contributed by atoms with van der Waals surface area (Å²) in [4.78, 5) is 15.6. The highest BCUT2D eigenvalue weighted by molar-refractivity contribution is 6.07. The van der Waals surface area contributed by atoms with Crippen molar-refractivity contribution in [3.8, 4) is 56.4 Å². The largest absolute Gasteiger partial charge is 0.456 e. The summed E-state index contributed by atoms with van der Waals surface area (Å²) in [6.07, 6.45) is 6.27. The van der Waals surface area contributed by atoms with Crippen LogP contribution in [0.5, 0.6) is 0 Å². The first-order chi connectivity index (χ1) is 27.7. The van der Waals surface area contributed by atoms with Gasteiger partial charge in [-0.25, -0.2) is 15.0 Å². The molecule has 3 heterocycles. The summed E-state index contributed by atoms with van der Waals surface area (Å²) in [5.41, 5.74) is 14.4. The Hall–Kier alpha value is -6.85. The molecule has 1 saturated carbocycles. The smallest absolute Gasteiger partial charge is 0.164 e. The van der Waals surface area contributed by atoms with Crippen LogP contribution in [0, 0.1) is 0 Å². The lowest BCUT2D eigenvalue weighted by Gasteiger charge is -2.36. The predicted molar refractivity (Wildman–Crippen MR) is 225 cm³/mol. The van der Waals surface area contributed by atoms with Crippen LogP contribution in [-0.2, 0) is 5.41 Å². The van der Waals surface area contributed by atoms with Crippen LogP contribution in [0.4, 0.5) is 0 Å². The molecule has 12 rings (SSSR count). The third-order valence-corrected chi connectivity index (χ3v) is 12.3. The standard InChI is InChI=1S/C51H35N3O2/c1-8-26-51(27-9-1)41-18-5-2-16-38(41)47-35(17-11-19-42(47)51)31-12-10-13-32(28-31)48-52-49(33-22-24-45-39(29-33)36-14-3-6-20-43(36)55-45)54-50(53-48)34-23-25-46-40(30-34)37-15-4-7-21-44(37)56-46/h2-7,10-25,28-30H,1,8-9,26-27H2. The van der Waals surface area contributed by atoms with Gasteiger partial charge in [-0.2, -0.15) is 0 Å². The molecular formula is C51H35N3O2. The van der Waals surface area contributed by atoms with Gasteiger partial charge in [-0.05, 0) is 101 Å². The zero-order valence-corrected chi connectivity index (χ0v) is 30.6. The number of hydrogen-bond acceptors (Lipinski definition) is 5. The number of rotatable bonds is 4. The molecule has 1 spiro atoms. The Kier molecular flexibility index (Phi) is 6.79. The topological polar surface area (TPSA) is 65.0 Å². The van der Waals surface area contributed by atoms with E-state index in [-0.39, 0.29) is 5.41 Å². The van der Waals surface area contributed by atoms with Crippen molar-refractivity contribution in [2.24, 2.45) is 0 Å². The van der Waals surface area contributed by atoms with E-state index in [2.05, 4.69) is 91.0 Å². The summed E-state index contributed by atoms with van der Waals surface area (Å²) in [7, 11) is 0. The summed E-state index contributed by atoms with van der Waals surface area (Å²) in [6.45, 7) is 0. The number of benzene rings is 7. The minimum atomic E-state index is 0.0959. The highest BCUT2D eigenvalue weighted by atomic mass is 16.3. The van der Waals surface area contributed by atoms with E-state index in [4.69, 9.17) is 23.8 Å². The number of para-hydroxylation sites is 2. The van der Waals surface area contributed by atoms with E-state index in [0.29, 0.717) is 17.5 Å². The SMILES string of the molecule is c1cc(-c2nc(-c3ccc4oc5ccccc5c4c3)nc(-c3ccc4oc5ccccc5c4c3)n2)cc(-c2cccc3c2-c2ccccc2C32CCCCC2)c1. The van der Waals surface area contributed by atoms with Gasteiger partial charge in [0.15, 0.2) is 17.5 Å². The fourth-order valence-electron chi connectivity index (χ4n) is 9.76. The first-order valence-corrected chi connectivity index (χ1v) is 19.6. The quantitative estimate of drug-likeness (QED) is 0.181. The van der Waals surface area contributed by atoms with Crippen molar-refractivity contribution < 1.29 is 8.83 Å². The van der Waals surface area contributed by atoms with Crippen molar-refractivity contribution in [1.82, 2.24) is 15.0 Å². The van der Waals surface area contributed by atoms with Crippen LogP contribution >= 0.6 is 0 Å². The average Bonchev–Trinajstić information content (AvgIpc) is 3.92. The van der Waals surface area contributed by atoms with Crippen LogP contribution in [0.3, 0.4) is 0 Å². The highest BCUT2D eigenvalue weighted by Gasteiger charge is 2.44. The van der Waals surface area contributed by atoms with Gasteiger partial charge < -0.3 is 8.83 Å². The second kappa shape index (κ2) is 12.1. The van der Waals surface area contributed by atoms with Gasteiger partial charge in [0.25, 0.3) is 0 Å². The fraction of sp³-hybridized carbons (Fsp3) is 0.118. The van der Waals surface area contributed by atoms with E-state index < -0.39 is 0 Å². The molecule has 0 atom stereocenters. The Morgan fingerprint density at radius 1 is 0.375 bits per heavy atom. The average molecular weight is 722 g/mol. The van der Waals surface area contributed by atoms with E-state index >= 15 is 0 Å². The van der Waals surface area contributed by atoms with E-state index in [1.165, 1.54) is 59.9 Å². The van der Waals surface area contributed by atoms with Crippen LogP contribution in [0.15, 0.2) is 160 Å². The minimum absolute atomic E-state index is 0.0959. The monoisotopic (exact) mass is 721 g/mol. The maximum atomic E-state index is 6.18. The lowest BCUT2D eigenvalue weighted by molar-refractivity contribution is 0.353.